The van der Waals surface area contributed by atoms with Crippen molar-refractivity contribution >= 4 is 15.4 Å². The Morgan fingerprint density at radius 3 is 1.58 bits per heavy atom. The molecule has 2 atom stereocenters. The zero-order chi connectivity index (χ0) is 19.3. The molecule has 26 heavy (non-hydrogen) atoms. The van der Waals surface area contributed by atoms with E-state index in [1.165, 1.54) is 103 Å². The molecule has 0 spiro atoms. The molecule has 0 radical (unpaired) electrons. The number of carbonyl (C=O) groups excluding carboxylic acids is 1. The van der Waals surface area contributed by atoms with Crippen LogP contribution in [-0.4, -0.2) is 19.2 Å². The van der Waals surface area contributed by atoms with Gasteiger partial charge in [-0.2, -0.15) is 0 Å². The van der Waals surface area contributed by atoms with E-state index in [4.69, 9.17) is 9.26 Å². The average Bonchev–Trinajstić information content (AvgIpc) is 2.64. The lowest BCUT2D eigenvalue weighted by Gasteiger charge is -2.17. The SMILES string of the molecule is CCCCCCCCCCC(CCCCCCCC)COC(=O)COP. The minimum atomic E-state index is -0.246. The number of hydrogen-bond donors (Lipinski definition) is 0. The van der Waals surface area contributed by atoms with Gasteiger partial charge in [0.25, 0.3) is 0 Å². The molecule has 0 aliphatic heterocycles. The first-order valence-corrected chi connectivity index (χ1v) is 11.7. The van der Waals surface area contributed by atoms with Crippen LogP contribution in [0.4, 0.5) is 0 Å². The van der Waals surface area contributed by atoms with Crippen LogP contribution in [0.2, 0.25) is 0 Å². The van der Waals surface area contributed by atoms with Crippen LogP contribution in [0.25, 0.3) is 0 Å². The predicted molar refractivity (Wildman–Crippen MR) is 115 cm³/mol. The normalized spacial score (nSPS) is 12.3. The van der Waals surface area contributed by atoms with E-state index in [9.17, 15) is 4.79 Å². The second kappa shape index (κ2) is 21.2. The van der Waals surface area contributed by atoms with E-state index in [2.05, 4.69) is 23.3 Å². The van der Waals surface area contributed by atoms with Gasteiger partial charge < -0.3 is 9.26 Å². The van der Waals surface area contributed by atoms with Crippen LogP contribution in [0.1, 0.15) is 117 Å². The molecule has 4 heteroatoms. The summed E-state index contributed by atoms with van der Waals surface area (Å²) in [6.07, 6.45) is 21.1. The Balaban J connectivity index is 3.86. The molecule has 0 N–H and O–H groups in total. The van der Waals surface area contributed by atoms with Crippen molar-refractivity contribution in [2.75, 3.05) is 13.2 Å². The Kier molecular flexibility index (Phi) is 21.0. The molecule has 0 fully saturated rings. The fourth-order valence-electron chi connectivity index (χ4n) is 3.41. The molecule has 0 rings (SSSR count). The Labute approximate surface area is 165 Å². The average molecular weight is 389 g/mol. The van der Waals surface area contributed by atoms with Gasteiger partial charge in [0.05, 0.1) is 6.61 Å². The third-order valence-electron chi connectivity index (χ3n) is 5.11. The minimum absolute atomic E-state index is 0.0339. The lowest BCUT2D eigenvalue weighted by atomic mass is 9.94. The molecule has 0 aromatic heterocycles. The maximum Gasteiger partial charge on any atom is 0.332 e. The molecule has 0 aromatic rings. The van der Waals surface area contributed by atoms with E-state index in [-0.39, 0.29) is 12.6 Å². The van der Waals surface area contributed by atoms with E-state index < -0.39 is 0 Å². The highest BCUT2D eigenvalue weighted by molar-refractivity contribution is 7.09. The number of rotatable bonds is 20. The van der Waals surface area contributed by atoms with Crippen LogP contribution in [0.5, 0.6) is 0 Å². The van der Waals surface area contributed by atoms with Gasteiger partial charge in [-0.1, -0.05) is 104 Å². The van der Waals surface area contributed by atoms with Gasteiger partial charge in [0.15, 0.2) is 0 Å². The largest absolute Gasteiger partial charge is 0.464 e. The Hall–Kier alpha value is -0.140. The first kappa shape index (κ1) is 25.9. The first-order chi connectivity index (χ1) is 12.7. The number of carbonyl (C=O) groups is 1. The highest BCUT2D eigenvalue weighted by Crippen LogP contribution is 2.20. The van der Waals surface area contributed by atoms with Crippen LogP contribution in [0.3, 0.4) is 0 Å². The maximum atomic E-state index is 11.5. The predicted octanol–water partition coefficient (Wildman–Crippen LogP) is 7.23. The molecule has 0 aromatic carbocycles. The van der Waals surface area contributed by atoms with Crippen molar-refractivity contribution in [1.29, 1.82) is 0 Å². The summed E-state index contributed by atoms with van der Waals surface area (Å²) in [6, 6.07) is 0. The highest BCUT2D eigenvalue weighted by atomic mass is 31.0. The standard InChI is InChI=1S/C22H45O3P/c1-3-5-7-9-11-12-14-16-18-21(19-24-22(23)20-25-26)17-15-13-10-8-6-4-2/h21H,3-20,26H2,1-2H3. The van der Waals surface area contributed by atoms with Crippen LogP contribution < -0.4 is 0 Å². The summed E-state index contributed by atoms with van der Waals surface area (Å²) >= 11 is 0. The molecule has 0 aliphatic carbocycles. The van der Waals surface area contributed by atoms with Gasteiger partial charge in [0, 0.05) is 9.47 Å². The summed E-state index contributed by atoms with van der Waals surface area (Å²) in [7, 11) is 2.10. The minimum Gasteiger partial charge on any atom is -0.464 e. The molecule has 0 bridgehead atoms. The summed E-state index contributed by atoms with van der Waals surface area (Å²) in [5.74, 6) is 0.276. The van der Waals surface area contributed by atoms with Gasteiger partial charge in [-0.15, -0.1) is 0 Å². The van der Waals surface area contributed by atoms with Gasteiger partial charge in [0.2, 0.25) is 0 Å². The fraction of sp³-hybridized carbons (Fsp3) is 0.955. The van der Waals surface area contributed by atoms with Crippen molar-refractivity contribution < 1.29 is 14.1 Å². The number of hydrogen-bond acceptors (Lipinski definition) is 3. The van der Waals surface area contributed by atoms with Gasteiger partial charge in [-0.25, -0.2) is 4.79 Å². The highest BCUT2D eigenvalue weighted by Gasteiger charge is 2.12. The van der Waals surface area contributed by atoms with Crippen LogP contribution in [0.15, 0.2) is 0 Å². The first-order valence-electron chi connectivity index (χ1n) is 11.2. The van der Waals surface area contributed by atoms with Gasteiger partial charge >= 0.3 is 5.97 Å². The monoisotopic (exact) mass is 388 g/mol. The van der Waals surface area contributed by atoms with E-state index in [0.717, 1.165) is 0 Å². The third kappa shape index (κ3) is 18.6. The second-order valence-corrected chi connectivity index (χ2v) is 8.01. The van der Waals surface area contributed by atoms with Crippen molar-refractivity contribution in [3.8, 4) is 0 Å². The quantitative estimate of drug-likeness (QED) is 0.125. The maximum absolute atomic E-state index is 11.5. The van der Waals surface area contributed by atoms with E-state index in [1.54, 1.807) is 0 Å². The molecule has 0 heterocycles. The van der Waals surface area contributed by atoms with Crippen LogP contribution in [0, 0.1) is 5.92 Å². The summed E-state index contributed by atoms with van der Waals surface area (Å²) < 4.78 is 10.2. The molecule has 2 unspecified atom stereocenters. The number of ether oxygens (including phenoxy) is 1. The van der Waals surface area contributed by atoms with E-state index >= 15 is 0 Å². The Morgan fingerprint density at radius 1 is 0.731 bits per heavy atom. The molecule has 0 saturated heterocycles. The van der Waals surface area contributed by atoms with Crippen molar-refractivity contribution in [2.45, 2.75) is 117 Å². The van der Waals surface area contributed by atoms with Crippen molar-refractivity contribution in [3.63, 3.8) is 0 Å². The fourth-order valence-corrected chi connectivity index (χ4v) is 3.55. The van der Waals surface area contributed by atoms with Crippen LogP contribution >= 0.6 is 9.47 Å². The molecular weight excluding hydrogens is 343 g/mol. The molecule has 156 valence electrons. The summed E-state index contributed by atoms with van der Waals surface area (Å²) in [4.78, 5) is 11.5. The summed E-state index contributed by atoms with van der Waals surface area (Å²) in [5, 5.41) is 0. The number of unbranched alkanes of at least 4 members (excludes halogenated alkanes) is 12. The van der Waals surface area contributed by atoms with Crippen molar-refractivity contribution in [1.82, 2.24) is 0 Å². The van der Waals surface area contributed by atoms with Crippen molar-refractivity contribution in [2.24, 2.45) is 5.92 Å². The lowest BCUT2D eigenvalue weighted by molar-refractivity contribution is -0.147. The second-order valence-electron chi connectivity index (χ2n) is 7.68. The van der Waals surface area contributed by atoms with Crippen molar-refractivity contribution in [3.05, 3.63) is 0 Å². The van der Waals surface area contributed by atoms with E-state index in [0.29, 0.717) is 12.5 Å². The topological polar surface area (TPSA) is 35.5 Å². The van der Waals surface area contributed by atoms with E-state index in [1.807, 2.05) is 0 Å². The van der Waals surface area contributed by atoms with Gasteiger partial charge in [0.1, 0.15) is 6.61 Å². The Morgan fingerprint density at radius 2 is 1.15 bits per heavy atom. The zero-order valence-electron chi connectivity index (χ0n) is 17.6. The molecule has 3 nitrogen and oxygen atoms in total. The molecule has 0 amide bonds. The lowest BCUT2D eigenvalue weighted by Crippen LogP contribution is -2.17. The van der Waals surface area contributed by atoms with Gasteiger partial charge in [-0.05, 0) is 18.8 Å². The summed E-state index contributed by atoms with van der Waals surface area (Å²) in [6.45, 7) is 5.12. The zero-order valence-corrected chi connectivity index (χ0v) is 18.8. The Bertz CT molecular complexity index is 297. The number of esters is 1. The molecule has 0 aliphatic rings. The summed E-state index contributed by atoms with van der Waals surface area (Å²) in [5.41, 5.74) is 0. The van der Waals surface area contributed by atoms with Crippen LogP contribution in [-0.2, 0) is 14.1 Å². The molecule has 0 saturated carbocycles. The van der Waals surface area contributed by atoms with Gasteiger partial charge in [-0.3, -0.25) is 0 Å². The smallest absolute Gasteiger partial charge is 0.332 e. The molecular formula is C22H45O3P. The third-order valence-corrected chi connectivity index (χ3v) is 5.28.